The van der Waals surface area contributed by atoms with E-state index in [1.807, 2.05) is 30.5 Å². The van der Waals surface area contributed by atoms with E-state index in [0.29, 0.717) is 26.4 Å². The van der Waals surface area contributed by atoms with E-state index in [0.717, 1.165) is 10.5 Å². The summed E-state index contributed by atoms with van der Waals surface area (Å²) in [5.41, 5.74) is 1.37. The number of thioether (sulfide) groups is 1. The Kier molecular flexibility index (Phi) is 4.15. The van der Waals surface area contributed by atoms with E-state index in [-0.39, 0.29) is 5.82 Å². The number of hydrogen-bond acceptors (Lipinski definition) is 3. The van der Waals surface area contributed by atoms with Crippen LogP contribution in [0, 0.1) is 5.82 Å². The second-order valence-corrected chi connectivity index (χ2v) is 6.38. The normalized spacial score (nSPS) is 11.0. The van der Waals surface area contributed by atoms with Crippen molar-refractivity contribution in [2.24, 2.45) is 0 Å². The maximum Gasteiger partial charge on any atom is 0.162 e. The highest BCUT2D eigenvalue weighted by Crippen LogP contribution is 2.32. The Labute approximate surface area is 138 Å². The van der Waals surface area contributed by atoms with Crippen molar-refractivity contribution < 1.29 is 4.39 Å². The molecule has 1 aromatic heterocycles. The molecule has 0 saturated carbocycles. The molecule has 0 bridgehead atoms. The molecule has 0 N–H and O–H groups in total. The van der Waals surface area contributed by atoms with Crippen LogP contribution in [0.5, 0.6) is 0 Å². The molecule has 0 amide bonds. The molecule has 0 aliphatic heterocycles. The fourth-order valence-corrected chi connectivity index (χ4v) is 3.20. The topological polar surface area (TPSA) is 25.8 Å². The maximum atomic E-state index is 13.7. The van der Waals surface area contributed by atoms with Gasteiger partial charge in [-0.05, 0) is 34.3 Å². The highest BCUT2D eigenvalue weighted by Gasteiger charge is 2.13. The molecule has 106 valence electrons. The lowest BCUT2D eigenvalue weighted by atomic mass is 10.2. The number of hydrogen-bond donors (Lipinski definition) is 0. The third-order valence-electron chi connectivity index (χ3n) is 3.04. The Morgan fingerprint density at radius 2 is 1.95 bits per heavy atom. The number of benzene rings is 2. The Hall–Kier alpha value is -1.17. The van der Waals surface area contributed by atoms with Crippen molar-refractivity contribution in [3.8, 4) is 11.4 Å². The van der Waals surface area contributed by atoms with Crippen LogP contribution in [0.2, 0.25) is 5.15 Å². The third kappa shape index (κ3) is 2.78. The van der Waals surface area contributed by atoms with Crippen molar-refractivity contribution in [1.29, 1.82) is 0 Å². The van der Waals surface area contributed by atoms with Gasteiger partial charge in [0.2, 0.25) is 0 Å². The smallest absolute Gasteiger partial charge is 0.162 e. The summed E-state index contributed by atoms with van der Waals surface area (Å²) in [4.78, 5) is 9.84. The number of rotatable bonds is 2. The van der Waals surface area contributed by atoms with E-state index in [2.05, 4.69) is 25.9 Å². The Balaban J connectivity index is 2.27. The number of halogens is 3. The van der Waals surface area contributed by atoms with Gasteiger partial charge in [0.25, 0.3) is 0 Å². The molecule has 1 heterocycles. The Morgan fingerprint density at radius 1 is 1.19 bits per heavy atom. The molecule has 6 heteroatoms. The summed E-state index contributed by atoms with van der Waals surface area (Å²) >= 11 is 11.0. The molecule has 3 rings (SSSR count). The van der Waals surface area contributed by atoms with Gasteiger partial charge in [0.15, 0.2) is 5.82 Å². The van der Waals surface area contributed by atoms with Crippen molar-refractivity contribution in [2.75, 3.05) is 6.26 Å². The molecular formula is C15H9BrClFN2S. The molecule has 0 aliphatic rings. The minimum atomic E-state index is -0.374. The number of fused-ring (bicyclic) bond motifs is 1. The van der Waals surface area contributed by atoms with Gasteiger partial charge in [0, 0.05) is 21.9 Å². The molecule has 0 radical (unpaired) electrons. The summed E-state index contributed by atoms with van der Waals surface area (Å²) in [7, 11) is 0. The van der Waals surface area contributed by atoms with Crippen LogP contribution in [0.3, 0.4) is 0 Å². The molecule has 2 aromatic carbocycles. The van der Waals surface area contributed by atoms with E-state index in [4.69, 9.17) is 11.6 Å². The predicted molar refractivity (Wildman–Crippen MR) is 89.4 cm³/mol. The molecule has 0 fully saturated rings. The van der Waals surface area contributed by atoms with Crippen molar-refractivity contribution in [2.45, 2.75) is 4.90 Å². The summed E-state index contributed by atoms with van der Waals surface area (Å²) in [6.07, 6.45) is 1.98. The first-order chi connectivity index (χ1) is 10.1. The fourth-order valence-electron chi connectivity index (χ4n) is 2.04. The van der Waals surface area contributed by atoms with Crippen LogP contribution in [0.1, 0.15) is 0 Å². The first-order valence-corrected chi connectivity index (χ1v) is 8.45. The van der Waals surface area contributed by atoms with Gasteiger partial charge in [0.05, 0.1) is 9.99 Å². The van der Waals surface area contributed by atoms with Gasteiger partial charge in [-0.2, -0.15) is 0 Å². The second kappa shape index (κ2) is 5.91. The van der Waals surface area contributed by atoms with Gasteiger partial charge in [-0.1, -0.05) is 29.8 Å². The lowest BCUT2D eigenvalue weighted by Crippen LogP contribution is -1.94. The van der Waals surface area contributed by atoms with Crippen molar-refractivity contribution in [3.05, 3.63) is 51.8 Å². The van der Waals surface area contributed by atoms with Crippen molar-refractivity contribution in [3.63, 3.8) is 0 Å². The molecule has 21 heavy (non-hydrogen) atoms. The van der Waals surface area contributed by atoms with Gasteiger partial charge in [-0.25, -0.2) is 14.4 Å². The van der Waals surface area contributed by atoms with Gasteiger partial charge in [-0.15, -0.1) is 11.8 Å². The molecule has 0 unspecified atom stereocenters. The average molecular weight is 384 g/mol. The number of aromatic nitrogens is 2. The summed E-state index contributed by atoms with van der Waals surface area (Å²) in [5, 5.41) is 0.932. The van der Waals surface area contributed by atoms with E-state index in [1.165, 1.54) is 6.07 Å². The largest absolute Gasteiger partial charge is 0.228 e. The summed E-state index contributed by atoms with van der Waals surface area (Å²) in [6.45, 7) is 0. The first-order valence-electron chi connectivity index (χ1n) is 6.06. The van der Waals surface area contributed by atoms with Gasteiger partial charge < -0.3 is 0 Å². The SMILES string of the molecule is CSc1ccccc1-c1nc(Cl)c2cc(Br)c(F)cc2n1. The highest BCUT2D eigenvalue weighted by atomic mass is 79.9. The van der Waals surface area contributed by atoms with E-state index in [1.54, 1.807) is 17.8 Å². The molecule has 0 spiro atoms. The van der Waals surface area contributed by atoms with Gasteiger partial charge >= 0.3 is 0 Å². The van der Waals surface area contributed by atoms with Crippen LogP contribution in [0.15, 0.2) is 45.8 Å². The lowest BCUT2D eigenvalue weighted by molar-refractivity contribution is 0.623. The highest BCUT2D eigenvalue weighted by molar-refractivity contribution is 9.10. The quantitative estimate of drug-likeness (QED) is 0.427. The van der Waals surface area contributed by atoms with Gasteiger partial charge in [0.1, 0.15) is 11.0 Å². The zero-order valence-corrected chi connectivity index (χ0v) is 14.1. The fraction of sp³-hybridized carbons (Fsp3) is 0.0667. The zero-order valence-electron chi connectivity index (χ0n) is 10.9. The third-order valence-corrected chi connectivity index (χ3v) is 4.73. The second-order valence-electron chi connectivity index (χ2n) is 4.32. The Bertz CT molecular complexity index is 841. The first kappa shape index (κ1) is 14.8. The summed E-state index contributed by atoms with van der Waals surface area (Å²) in [5.74, 6) is 0.126. The lowest BCUT2D eigenvalue weighted by Gasteiger charge is -2.08. The van der Waals surface area contributed by atoms with Crippen molar-refractivity contribution in [1.82, 2.24) is 9.97 Å². The van der Waals surface area contributed by atoms with E-state index >= 15 is 0 Å². The molecule has 0 saturated heterocycles. The minimum Gasteiger partial charge on any atom is -0.228 e. The van der Waals surface area contributed by atoms with E-state index < -0.39 is 0 Å². The van der Waals surface area contributed by atoms with Gasteiger partial charge in [-0.3, -0.25) is 0 Å². The number of nitrogens with zero attached hydrogens (tertiary/aromatic N) is 2. The monoisotopic (exact) mass is 382 g/mol. The summed E-state index contributed by atoms with van der Waals surface area (Å²) < 4.78 is 14.1. The van der Waals surface area contributed by atoms with Crippen molar-refractivity contribution >= 4 is 50.2 Å². The predicted octanol–water partition coefficient (Wildman–Crippen LogP) is 5.57. The minimum absolute atomic E-state index is 0.312. The zero-order chi connectivity index (χ0) is 15.0. The standard InChI is InChI=1S/C15H9BrClFN2S/c1-21-13-5-3-2-4-8(13)15-19-12-7-11(18)10(16)6-9(12)14(17)20-15/h2-7H,1H3. The Morgan fingerprint density at radius 3 is 2.71 bits per heavy atom. The van der Waals surface area contributed by atoms with Crippen LogP contribution in [-0.4, -0.2) is 16.2 Å². The van der Waals surface area contributed by atoms with Crippen LogP contribution in [0.25, 0.3) is 22.3 Å². The molecular weight excluding hydrogens is 375 g/mol. The van der Waals surface area contributed by atoms with Crippen LogP contribution in [-0.2, 0) is 0 Å². The molecule has 0 atom stereocenters. The molecule has 3 aromatic rings. The molecule has 2 nitrogen and oxygen atoms in total. The van der Waals surface area contributed by atoms with Crippen LogP contribution in [0.4, 0.5) is 4.39 Å². The van der Waals surface area contributed by atoms with E-state index in [9.17, 15) is 4.39 Å². The van der Waals surface area contributed by atoms with Crippen LogP contribution >= 0.6 is 39.3 Å². The summed E-state index contributed by atoms with van der Waals surface area (Å²) in [6, 6.07) is 10.7. The molecule has 0 aliphatic carbocycles. The average Bonchev–Trinajstić information content (AvgIpc) is 2.49. The van der Waals surface area contributed by atoms with Crippen LogP contribution < -0.4 is 0 Å². The maximum absolute atomic E-state index is 13.7.